The lowest BCUT2D eigenvalue weighted by Gasteiger charge is -2.17. The zero-order valence-corrected chi connectivity index (χ0v) is 15.0. The van der Waals surface area contributed by atoms with E-state index in [1.165, 1.54) is 0 Å². The van der Waals surface area contributed by atoms with Crippen LogP contribution in [0.25, 0.3) is 0 Å². The second-order valence-corrected chi connectivity index (χ2v) is 7.32. The third kappa shape index (κ3) is 2.93. The number of nitrogens with zero attached hydrogens (tertiary/aromatic N) is 1. The van der Waals surface area contributed by atoms with Gasteiger partial charge in [0, 0.05) is 19.2 Å². The average Bonchev–Trinajstić information content (AvgIpc) is 3.36. The summed E-state index contributed by atoms with van der Waals surface area (Å²) in [6.07, 6.45) is 4.93. The molecule has 0 radical (unpaired) electrons. The highest BCUT2D eigenvalue weighted by Gasteiger charge is 2.59. The fourth-order valence-corrected chi connectivity index (χ4v) is 4.49. The van der Waals surface area contributed by atoms with E-state index in [9.17, 15) is 19.2 Å². The van der Waals surface area contributed by atoms with Crippen LogP contribution in [0, 0.1) is 23.7 Å². The van der Waals surface area contributed by atoms with Crippen molar-refractivity contribution in [1.82, 2.24) is 15.5 Å². The van der Waals surface area contributed by atoms with E-state index in [4.69, 9.17) is 0 Å². The summed E-state index contributed by atoms with van der Waals surface area (Å²) in [4.78, 5) is 50.3. The normalized spacial score (nSPS) is 27.8. The number of fused-ring (bicyclic) bond motifs is 5. The maximum absolute atomic E-state index is 12.6. The lowest BCUT2D eigenvalue weighted by atomic mass is 9.85. The first kappa shape index (κ1) is 17.5. The molecule has 4 unspecified atom stereocenters. The number of rotatable bonds is 5. The highest BCUT2D eigenvalue weighted by Crippen LogP contribution is 2.52. The number of likely N-dealkylation sites (tertiary alicyclic amines) is 1. The molecular formula is C20H21N3O4. The molecule has 7 nitrogen and oxygen atoms in total. The fraction of sp³-hybridized carbons (Fsp3) is 0.400. The monoisotopic (exact) mass is 367 g/mol. The third-order valence-electron chi connectivity index (χ3n) is 5.77. The second kappa shape index (κ2) is 6.64. The van der Waals surface area contributed by atoms with Crippen LogP contribution in [0.3, 0.4) is 0 Å². The van der Waals surface area contributed by atoms with Gasteiger partial charge in [0.25, 0.3) is 5.91 Å². The van der Waals surface area contributed by atoms with Crippen molar-refractivity contribution in [2.24, 2.45) is 23.7 Å². The van der Waals surface area contributed by atoms with Crippen molar-refractivity contribution < 1.29 is 19.2 Å². The van der Waals surface area contributed by atoms with Gasteiger partial charge >= 0.3 is 0 Å². The van der Waals surface area contributed by atoms with Gasteiger partial charge < -0.3 is 10.6 Å². The van der Waals surface area contributed by atoms with E-state index in [0.29, 0.717) is 5.56 Å². The molecule has 1 aromatic rings. The van der Waals surface area contributed by atoms with Crippen LogP contribution in [0.1, 0.15) is 22.3 Å². The molecule has 1 aromatic carbocycles. The molecule has 140 valence electrons. The summed E-state index contributed by atoms with van der Waals surface area (Å²) in [5, 5.41) is 5.27. The van der Waals surface area contributed by atoms with Gasteiger partial charge in [0.2, 0.25) is 17.7 Å². The Morgan fingerprint density at radius 1 is 1.11 bits per heavy atom. The van der Waals surface area contributed by atoms with Crippen molar-refractivity contribution >= 4 is 23.6 Å². The van der Waals surface area contributed by atoms with Crippen LogP contribution < -0.4 is 10.6 Å². The Labute approximate surface area is 156 Å². The van der Waals surface area contributed by atoms with Gasteiger partial charge in [0.05, 0.1) is 11.8 Å². The molecule has 3 aliphatic rings. The molecule has 2 bridgehead atoms. The van der Waals surface area contributed by atoms with Crippen LogP contribution in [0.4, 0.5) is 0 Å². The van der Waals surface area contributed by atoms with Crippen LogP contribution in [0.15, 0.2) is 36.4 Å². The van der Waals surface area contributed by atoms with E-state index >= 15 is 0 Å². The first-order valence-corrected chi connectivity index (χ1v) is 9.11. The molecule has 1 heterocycles. The van der Waals surface area contributed by atoms with Gasteiger partial charge in [0.1, 0.15) is 6.54 Å². The number of amides is 4. The zero-order chi connectivity index (χ0) is 19.1. The van der Waals surface area contributed by atoms with Crippen molar-refractivity contribution in [3.8, 4) is 0 Å². The van der Waals surface area contributed by atoms with Crippen molar-refractivity contribution in [2.45, 2.75) is 13.0 Å². The standard InChI is InChI=1S/C20H21N3O4/c1-21-18(25)14-4-2-3-11(7-14)9-22-15(24)10-23-19(26)16-12-5-6-13(8-12)17(16)20(23)27/h2-7,12-13,16-17H,8-10H2,1H3,(H,21,25)(H,22,24). The number of carbonyl (C=O) groups is 4. The summed E-state index contributed by atoms with van der Waals surface area (Å²) in [6.45, 7) is -0.0290. The van der Waals surface area contributed by atoms with Gasteiger partial charge in [-0.05, 0) is 36.0 Å². The van der Waals surface area contributed by atoms with Gasteiger partial charge in [-0.1, -0.05) is 24.3 Å². The summed E-state index contributed by atoms with van der Waals surface area (Å²) in [5.41, 5.74) is 1.27. The third-order valence-corrected chi connectivity index (χ3v) is 5.77. The topological polar surface area (TPSA) is 95.6 Å². The molecule has 4 atom stereocenters. The molecule has 0 spiro atoms. The number of hydrogen-bond acceptors (Lipinski definition) is 4. The highest BCUT2D eigenvalue weighted by atomic mass is 16.2. The summed E-state index contributed by atoms with van der Waals surface area (Å²) in [5.74, 6) is -1.34. The molecule has 2 fully saturated rings. The van der Waals surface area contributed by atoms with E-state index < -0.39 is 0 Å². The number of allylic oxidation sites excluding steroid dienone is 2. The Balaban J connectivity index is 1.36. The van der Waals surface area contributed by atoms with E-state index in [1.54, 1.807) is 31.3 Å². The predicted molar refractivity (Wildman–Crippen MR) is 96.1 cm³/mol. The van der Waals surface area contributed by atoms with Gasteiger partial charge in [-0.25, -0.2) is 0 Å². The number of benzene rings is 1. The lowest BCUT2D eigenvalue weighted by molar-refractivity contribution is -0.144. The first-order valence-electron chi connectivity index (χ1n) is 9.11. The summed E-state index contributed by atoms with van der Waals surface area (Å²) >= 11 is 0. The van der Waals surface area contributed by atoms with Gasteiger partial charge in [-0.2, -0.15) is 0 Å². The molecule has 4 rings (SSSR count). The lowest BCUT2D eigenvalue weighted by Crippen LogP contribution is -2.41. The van der Waals surface area contributed by atoms with Crippen LogP contribution in [0.2, 0.25) is 0 Å². The molecule has 2 aliphatic carbocycles. The summed E-state index contributed by atoms with van der Waals surface area (Å²) in [7, 11) is 1.55. The minimum atomic E-state index is -0.387. The molecule has 27 heavy (non-hydrogen) atoms. The number of carbonyl (C=O) groups excluding carboxylic acids is 4. The predicted octanol–water partition coefficient (Wildman–Crippen LogP) is 0.469. The molecule has 2 N–H and O–H groups in total. The Morgan fingerprint density at radius 2 is 1.78 bits per heavy atom. The van der Waals surface area contributed by atoms with Gasteiger partial charge in [-0.15, -0.1) is 0 Å². The molecule has 1 saturated heterocycles. The van der Waals surface area contributed by atoms with Crippen LogP contribution >= 0.6 is 0 Å². The van der Waals surface area contributed by atoms with Crippen molar-refractivity contribution in [2.75, 3.05) is 13.6 Å². The van der Waals surface area contributed by atoms with Crippen LogP contribution in [0.5, 0.6) is 0 Å². The maximum atomic E-state index is 12.6. The van der Waals surface area contributed by atoms with Crippen molar-refractivity contribution in [3.63, 3.8) is 0 Å². The average molecular weight is 367 g/mol. The molecule has 4 amide bonds. The summed E-state index contributed by atoms with van der Waals surface area (Å²) < 4.78 is 0. The highest BCUT2D eigenvalue weighted by molar-refractivity contribution is 6.08. The van der Waals surface area contributed by atoms with Gasteiger partial charge in [-0.3, -0.25) is 24.1 Å². The number of imide groups is 1. The Hall–Kier alpha value is -2.96. The second-order valence-electron chi connectivity index (χ2n) is 7.32. The molecule has 1 aliphatic heterocycles. The smallest absolute Gasteiger partial charge is 0.251 e. The summed E-state index contributed by atoms with van der Waals surface area (Å²) in [6, 6.07) is 6.92. The van der Waals surface area contributed by atoms with E-state index in [1.807, 2.05) is 12.2 Å². The zero-order valence-electron chi connectivity index (χ0n) is 15.0. The van der Waals surface area contributed by atoms with Crippen molar-refractivity contribution in [1.29, 1.82) is 0 Å². The Morgan fingerprint density at radius 3 is 2.41 bits per heavy atom. The SMILES string of the molecule is CNC(=O)c1cccc(CNC(=O)CN2C(=O)C3C4C=CC(C4)C3C2=O)c1. The minimum Gasteiger partial charge on any atom is -0.355 e. The molecular weight excluding hydrogens is 346 g/mol. The first-order chi connectivity index (χ1) is 13.0. The van der Waals surface area contributed by atoms with Gasteiger partial charge in [0.15, 0.2) is 0 Å². The van der Waals surface area contributed by atoms with E-state index in [0.717, 1.165) is 16.9 Å². The molecule has 0 aromatic heterocycles. The Bertz CT molecular complexity index is 833. The maximum Gasteiger partial charge on any atom is 0.251 e. The van der Waals surface area contributed by atoms with Crippen molar-refractivity contribution in [3.05, 3.63) is 47.5 Å². The number of nitrogens with one attached hydrogen (secondary N) is 2. The molecule has 7 heteroatoms. The van der Waals surface area contributed by atoms with Crippen LogP contribution in [-0.4, -0.2) is 42.1 Å². The largest absolute Gasteiger partial charge is 0.355 e. The molecule has 1 saturated carbocycles. The quantitative estimate of drug-likeness (QED) is 0.584. The fourth-order valence-electron chi connectivity index (χ4n) is 4.49. The van der Waals surface area contributed by atoms with E-state index in [2.05, 4.69) is 10.6 Å². The Kier molecular flexibility index (Phi) is 4.30. The number of hydrogen-bond donors (Lipinski definition) is 2. The van der Waals surface area contributed by atoms with E-state index in [-0.39, 0.29) is 60.4 Å². The minimum absolute atomic E-state index is 0.136. The van der Waals surface area contributed by atoms with Crippen LogP contribution in [-0.2, 0) is 20.9 Å².